The third-order valence-corrected chi connectivity index (χ3v) is 6.05. The van der Waals surface area contributed by atoms with E-state index in [1.807, 2.05) is 25.1 Å². The monoisotopic (exact) mass is 349 g/mol. The van der Waals surface area contributed by atoms with Crippen LogP contribution in [0.3, 0.4) is 0 Å². The quantitative estimate of drug-likeness (QED) is 0.779. The van der Waals surface area contributed by atoms with Gasteiger partial charge in [0.2, 0.25) is 0 Å². The number of carbonyl (C=O) groups is 1. The average molecular weight is 349 g/mol. The van der Waals surface area contributed by atoms with E-state index in [4.69, 9.17) is 4.74 Å². The van der Waals surface area contributed by atoms with Crippen molar-refractivity contribution < 1.29 is 9.53 Å². The number of hydrogen-bond acceptors (Lipinski definition) is 3. The average Bonchev–Trinajstić information content (AvgIpc) is 3.13. The Balaban J connectivity index is 1.48. The van der Waals surface area contributed by atoms with Gasteiger partial charge in [0.25, 0.3) is 0 Å². The molecular weight excluding hydrogens is 322 g/mol. The lowest BCUT2D eigenvalue weighted by molar-refractivity contribution is -0.167. The topological polar surface area (TPSA) is 29.5 Å². The van der Waals surface area contributed by atoms with Crippen LogP contribution in [0.2, 0.25) is 0 Å². The Labute approximate surface area is 156 Å². The molecular formula is C23H27NO2. The van der Waals surface area contributed by atoms with Crippen LogP contribution in [0, 0.1) is 0 Å². The van der Waals surface area contributed by atoms with Gasteiger partial charge in [0.15, 0.2) is 0 Å². The number of esters is 1. The fourth-order valence-electron chi connectivity index (χ4n) is 4.53. The zero-order valence-electron chi connectivity index (χ0n) is 15.5. The molecule has 1 aliphatic heterocycles. The van der Waals surface area contributed by atoms with Gasteiger partial charge in [-0.2, -0.15) is 0 Å². The van der Waals surface area contributed by atoms with Gasteiger partial charge in [-0.3, -0.25) is 9.69 Å². The molecule has 1 fully saturated rings. The van der Waals surface area contributed by atoms with Gasteiger partial charge in [-0.05, 0) is 29.5 Å². The fraction of sp³-hybridized carbons (Fsp3) is 0.435. The van der Waals surface area contributed by atoms with Crippen molar-refractivity contribution in [2.75, 3.05) is 13.1 Å². The lowest BCUT2D eigenvalue weighted by atomic mass is 9.83. The summed E-state index contributed by atoms with van der Waals surface area (Å²) in [6.07, 6.45) is 4.45. The number of nitrogens with zero attached hydrogens (tertiary/aromatic N) is 1. The largest absolute Gasteiger partial charge is 0.454 e. The first-order chi connectivity index (χ1) is 12.7. The number of carbonyl (C=O) groups excluding carboxylic acids is 1. The van der Waals surface area contributed by atoms with E-state index in [1.54, 1.807) is 0 Å². The van der Waals surface area contributed by atoms with Crippen molar-refractivity contribution in [1.29, 1.82) is 0 Å². The van der Waals surface area contributed by atoms with E-state index < -0.39 is 5.60 Å². The van der Waals surface area contributed by atoms with Gasteiger partial charge in [0.1, 0.15) is 5.60 Å². The summed E-state index contributed by atoms with van der Waals surface area (Å²) in [4.78, 5) is 14.7. The highest BCUT2D eigenvalue weighted by atomic mass is 16.6. The maximum absolute atomic E-state index is 12.1. The van der Waals surface area contributed by atoms with Crippen molar-refractivity contribution in [2.24, 2.45) is 0 Å². The number of benzene rings is 2. The van der Waals surface area contributed by atoms with Crippen molar-refractivity contribution in [3.63, 3.8) is 0 Å². The Kier molecular flexibility index (Phi) is 4.82. The molecule has 2 aliphatic rings. The fourth-order valence-corrected chi connectivity index (χ4v) is 4.53. The molecule has 0 radical (unpaired) electrons. The van der Waals surface area contributed by atoms with Crippen LogP contribution in [0.5, 0.6) is 0 Å². The molecule has 1 saturated heterocycles. The summed E-state index contributed by atoms with van der Waals surface area (Å²) in [5.74, 6) is -0.101. The van der Waals surface area contributed by atoms with Crippen LogP contribution < -0.4 is 0 Å². The Morgan fingerprint density at radius 3 is 2.15 bits per heavy atom. The molecule has 26 heavy (non-hydrogen) atoms. The van der Waals surface area contributed by atoms with Crippen LogP contribution in [0.15, 0.2) is 54.6 Å². The smallest absolute Gasteiger partial charge is 0.306 e. The lowest BCUT2D eigenvalue weighted by Crippen LogP contribution is -2.49. The molecule has 0 aromatic heterocycles. The van der Waals surface area contributed by atoms with Crippen LogP contribution in [0.4, 0.5) is 0 Å². The molecule has 0 unspecified atom stereocenters. The van der Waals surface area contributed by atoms with Gasteiger partial charge in [-0.1, -0.05) is 61.5 Å². The number of piperidine rings is 1. The summed E-state index contributed by atoms with van der Waals surface area (Å²) in [6, 6.07) is 19.7. The summed E-state index contributed by atoms with van der Waals surface area (Å²) in [5.41, 5.74) is 3.66. The van der Waals surface area contributed by atoms with E-state index in [0.29, 0.717) is 12.5 Å². The molecule has 0 spiro atoms. The molecule has 1 heterocycles. The highest BCUT2D eigenvalue weighted by Gasteiger charge is 2.41. The lowest BCUT2D eigenvalue weighted by Gasteiger charge is -2.43. The first-order valence-electron chi connectivity index (χ1n) is 9.78. The number of rotatable bonds is 4. The van der Waals surface area contributed by atoms with Crippen molar-refractivity contribution >= 4 is 5.97 Å². The van der Waals surface area contributed by atoms with Crippen molar-refractivity contribution in [3.8, 4) is 0 Å². The van der Waals surface area contributed by atoms with E-state index >= 15 is 0 Å². The van der Waals surface area contributed by atoms with Crippen molar-refractivity contribution in [1.82, 2.24) is 4.90 Å². The second-order valence-corrected chi connectivity index (χ2v) is 7.55. The molecule has 0 saturated carbocycles. The molecule has 0 atom stereocenters. The first kappa shape index (κ1) is 17.3. The van der Waals surface area contributed by atoms with E-state index in [1.165, 1.54) is 11.1 Å². The van der Waals surface area contributed by atoms with Crippen LogP contribution in [-0.2, 0) is 28.0 Å². The predicted octanol–water partition coefficient (Wildman–Crippen LogP) is 4.10. The van der Waals surface area contributed by atoms with Crippen molar-refractivity contribution in [3.05, 3.63) is 71.3 Å². The molecule has 0 amide bonds. The Bertz CT molecular complexity index is 738. The van der Waals surface area contributed by atoms with Gasteiger partial charge in [-0.15, -0.1) is 0 Å². The van der Waals surface area contributed by atoms with Crippen LogP contribution in [0.1, 0.15) is 42.9 Å². The molecule has 136 valence electrons. The number of likely N-dealkylation sites (tertiary alicyclic amines) is 1. The highest BCUT2D eigenvalue weighted by Crippen LogP contribution is 2.39. The molecule has 0 N–H and O–H groups in total. The highest BCUT2D eigenvalue weighted by molar-refractivity contribution is 5.69. The third kappa shape index (κ3) is 3.28. The molecule has 3 heteroatoms. The van der Waals surface area contributed by atoms with Gasteiger partial charge in [0, 0.05) is 38.4 Å². The number of fused-ring (bicyclic) bond motifs is 1. The Morgan fingerprint density at radius 1 is 1.00 bits per heavy atom. The summed E-state index contributed by atoms with van der Waals surface area (Å²) in [6.45, 7) is 3.82. The number of ether oxygens (including phenoxy) is 1. The third-order valence-electron chi connectivity index (χ3n) is 6.05. The Hall–Kier alpha value is -2.13. The van der Waals surface area contributed by atoms with E-state index in [2.05, 4.69) is 41.3 Å². The van der Waals surface area contributed by atoms with Gasteiger partial charge in [-0.25, -0.2) is 0 Å². The molecule has 2 aromatic rings. The Morgan fingerprint density at radius 2 is 1.58 bits per heavy atom. The molecule has 1 aliphatic carbocycles. The number of hydrogen-bond donors (Lipinski definition) is 0. The predicted molar refractivity (Wildman–Crippen MR) is 103 cm³/mol. The zero-order valence-corrected chi connectivity index (χ0v) is 15.5. The summed E-state index contributed by atoms with van der Waals surface area (Å²) < 4.78 is 6.02. The standard InChI is InChI=1S/C23H27NO2/c1-2-22(25)26-23(20-10-4-3-5-11-20)12-14-24(15-13-23)21-16-18-8-6-7-9-19(18)17-21/h3-11,21H,2,12-17H2,1H3. The van der Waals surface area contributed by atoms with E-state index in [-0.39, 0.29) is 5.97 Å². The maximum atomic E-state index is 12.1. The maximum Gasteiger partial charge on any atom is 0.306 e. The van der Waals surface area contributed by atoms with E-state index in [9.17, 15) is 4.79 Å². The second kappa shape index (κ2) is 7.24. The van der Waals surface area contributed by atoms with Gasteiger partial charge >= 0.3 is 5.97 Å². The molecule has 4 rings (SSSR count). The molecule has 2 aromatic carbocycles. The normalized spacial score (nSPS) is 19.9. The van der Waals surface area contributed by atoms with E-state index in [0.717, 1.165) is 44.3 Å². The van der Waals surface area contributed by atoms with Crippen LogP contribution >= 0.6 is 0 Å². The summed E-state index contributed by atoms with van der Waals surface area (Å²) in [5, 5.41) is 0. The van der Waals surface area contributed by atoms with Crippen LogP contribution in [0.25, 0.3) is 0 Å². The molecule has 3 nitrogen and oxygen atoms in total. The summed E-state index contributed by atoms with van der Waals surface area (Å²) >= 11 is 0. The SMILES string of the molecule is CCC(=O)OC1(c2ccccc2)CCN(C2Cc3ccccc3C2)CC1. The van der Waals surface area contributed by atoms with Crippen LogP contribution in [-0.4, -0.2) is 30.0 Å². The van der Waals surface area contributed by atoms with Crippen molar-refractivity contribution in [2.45, 2.75) is 50.7 Å². The minimum Gasteiger partial charge on any atom is -0.454 e. The minimum atomic E-state index is -0.462. The summed E-state index contributed by atoms with van der Waals surface area (Å²) in [7, 11) is 0. The molecule has 0 bridgehead atoms. The van der Waals surface area contributed by atoms with Gasteiger partial charge < -0.3 is 4.74 Å². The minimum absolute atomic E-state index is 0.101. The zero-order chi connectivity index (χ0) is 18.0. The van der Waals surface area contributed by atoms with Gasteiger partial charge in [0.05, 0.1) is 0 Å². The first-order valence-corrected chi connectivity index (χ1v) is 9.78. The second-order valence-electron chi connectivity index (χ2n) is 7.55.